The molecule has 0 aromatic heterocycles. The molecule has 0 heterocycles. The summed E-state index contributed by atoms with van der Waals surface area (Å²) in [6.45, 7) is 0. The third kappa shape index (κ3) is 1.96. The topological polar surface area (TPSA) is 43.1 Å². The van der Waals surface area contributed by atoms with Crippen molar-refractivity contribution in [1.29, 1.82) is 0 Å². The average molecular weight is 195 g/mol. The zero-order chi connectivity index (χ0) is 8.27. The quantitative estimate of drug-likeness (QED) is 0.515. The molecule has 0 atom stereocenters. The summed E-state index contributed by atoms with van der Waals surface area (Å²) < 4.78 is 0.979. The minimum atomic E-state index is -0.413. The van der Waals surface area contributed by atoms with Crippen LogP contribution < -0.4 is 4.50 Å². The summed E-state index contributed by atoms with van der Waals surface area (Å²) in [5.41, 5.74) is 3.75. The van der Waals surface area contributed by atoms with Crippen LogP contribution in [-0.2, 0) is 14.3 Å². The molecule has 0 fully saturated rings. The molecule has 60 valence electrons. The molecule has 1 aromatic carbocycles. The SMILES string of the molecule is [CH2]=[Co][c]1ccc([N+](=O)[O-])cc1. The number of nitrogens with zero attached hydrogens (tertiary/aromatic N) is 1. The van der Waals surface area contributed by atoms with Gasteiger partial charge < -0.3 is 0 Å². The van der Waals surface area contributed by atoms with Gasteiger partial charge in [0.25, 0.3) is 0 Å². The fourth-order valence-electron chi connectivity index (χ4n) is 0.634. The number of benzene rings is 1. The molecule has 0 radical (unpaired) electrons. The Morgan fingerprint density at radius 3 is 2.27 bits per heavy atom. The van der Waals surface area contributed by atoms with Gasteiger partial charge in [0.15, 0.2) is 0 Å². The van der Waals surface area contributed by atoms with E-state index < -0.39 is 4.92 Å². The van der Waals surface area contributed by atoms with Crippen LogP contribution >= 0.6 is 0 Å². The van der Waals surface area contributed by atoms with E-state index in [4.69, 9.17) is 0 Å². The Bertz CT molecular complexity index is 281. The summed E-state index contributed by atoms with van der Waals surface area (Å²) in [5, 5.41) is 10.2. The Morgan fingerprint density at radius 1 is 1.36 bits per heavy atom. The molecule has 0 aliphatic carbocycles. The van der Waals surface area contributed by atoms with Gasteiger partial charge in [0.2, 0.25) is 0 Å². The first-order valence-corrected chi connectivity index (χ1v) is 4.07. The van der Waals surface area contributed by atoms with Crippen LogP contribution in [-0.4, -0.2) is 10.4 Å². The third-order valence-corrected chi connectivity index (χ3v) is 1.93. The fourth-order valence-corrected chi connectivity index (χ4v) is 1.05. The van der Waals surface area contributed by atoms with E-state index in [1.807, 2.05) is 0 Å². The van der Waals surface area contributed by atoms with Crippen LogP contribution in [0.25, 0.3) is 0 Å². The van der Waals surface area contributed by atoms with E-state index in [9.17, 15) is 10.1 Å². The second-order valence-electron chi connectivity index (χ2n) is 1.83. The predicted molar refractivity (Wildman–Crippen MR) is 39.9 cm³/mol. The van der Waals surface area contributed by atoms with Crippen molar-refractivity contribution in [3.8, 4) is 0 Å². The van der Waals surface area contributed by atoms with Gasteiger partial charge in [-0.1, -0.05) is 0 Å². The monoisotopic (exact) mass is 195 g/mol. The molecule has 0 saturated carbocycles. The Labute approximate surface area is 69.7 Å². The van der Waals surface area contributed by atoms with Gasteiger partial charge in [0.1, 0.15) is 0 Å². The molecule has 1 rings (SSSR count). The van der Waals surface area contributed by atoms with Gasteiger partial charge in [-0.05, 0) is 0 Å². The Morgan fingerprint density at radius 2 is 1.91 bits per heavy atom. The van der Waals surface area contributed by atoms with E-state index >= 15 is 0 Å². The summed E-state index contributed by atoms with van der Waals surface area (Å²) in [5.74, 6) is 0. The van der Waals surface area contributed by atoms with E-state index in [0.29, 0.717) is 0 Å². The van der Waals surface area contributed by atoms with Gasteiger partial charge in [-0.25, -0.2) is 0 Å². The first-order chi connectivity index (χ1) is 5.24. The molecule has 11 heavy (non-hydrogen) atoms. The van der Waals surface area contributed by atoms with Crippen molar-refractivity contribution in [3.63, 3.8) is 0 Å². The molecule has 0 saturated heterocycles. The second kappa shape index (κ2) is 3.41. The summed E-state index contributed by atoms with van der Waals surface area (Å²) in [4.78, 5) is 9.77. The summed E-state index contributed by atoms with van der Waals surface area (Å²) >= 11 is 0.909. The van der Waals surface area contributed by atoms with Gasteiger partial charge in [-0.2, -0.15) is 0 Å². The van der Waals surface area contributed by atoms with Crippen molar-refractivity contribution >= 4 is 15.6 Å². The van der Waals surface area contributed by atoms with Gasteiger partial charge in [-0.3, -0.25) is 0 Å². The molecule has 0 bridgehead atoms. The number of nitro groups is 1. The van der Waals surface area contributed by atoms with E-state index in [1.165, 1.54) is 12.1 Å². The molecule has 0 amide bonds. The summed E-state index contributed by atoms with van der Waals surface area (Å²) in [7, 11) is 0. The van der Waals surface area contributed by atoms with Crippen LogP contribution in [0.1, 0.15) is 0 Å². The Balaban J connectivity index is 3.00. The number of non-ortho nitro benzene ring substituents is 1. The van der Waals surface area contributed by atoms with Crippen LogP contribution in [0.15, 0.2) is 24.3 Å². The van der Waals surface area contributed by atoms with Crippen LogP contribution in [0.2, 0.25) is 0 Å². The predicted octanol–water partition coefficient (Wildman–Crippen LogP) is 0.735. The summed E-state index contributed by atoms with van der Waals surface area (Å²) in [6.07, 6.45) is 0. The zero-order valence-electron chi connectivity index (χ0n) is 5.61. The van der Waals surface area contributed by atoms with Crippen LogP contribution in [0.5, 0.6) is 0 Å². The van der Waals surface area contributed by atoms with Crippen LogP contribution in [0.3, 0.4) is 0 Å². The van der Waals surface area contributed by atoms with Gasteiger partial charge in [0, 0.05) is 0 Å². The van der Waals surface area contributed by atoms with Crippen molar-refractivity contribution in [1.82, 2.24) is 0 Å². The minimum absolute atomic E-state index is 0.122. The molecule has 0 unspecified atom stereocenters. The number of hydrogen-bond donors (Lipinski definition) is 0. The average Bonchev–Trinajstić information content (AvgIpc) is 2.05. The molecule has 0 spiro atoms. The molecular formula is C7H6CoNO2. The fraction of sp³-hybridized carbons (Fsp3) is 0. The molecular weight excluding hydrogens is 189 g/mol. The molecule has 0 aliphatic heterocycles. The Hall–Kier alpha value is -1.00. The van der Waals surface area contributed by atoms with Crippen molar-refractivity contribution in [2.45, 2.75) is 0 Å². The number of rotatable bonds is 2. The van der Waals surface area contributed by atoms with Crippen molar-refractivity contribution in [3.05, 3.63) is 34.4 Å². The first-order valence-electron chi connectivity index (χ1n) is 2.81. The van der Waals surface area contributed by atoms with E-state index in [-0.39, 0.29) is 5.69 Å². The van der Waals surface area contributed by atoms with E-state index in [0.717, 1.165) is 18.8 Å². The van der Waals surface area contributed by atoms with Gasteiger partial charge in [0.05, 0.1) is 0 Å². The molecule has 0 N–H and O–H groups in total. The molecule has 3 nitrogen and oxygen atoms in total. The van der Waals surface area contributed by atoms with E-state index in [2.05, 4.69) is 5.46 Å². The number of hydrogen-bond acceptors (Lipinski definition) is 2. The molecule has 0 aliphatic rings. The maximum atomic E-state index is 10.2. The number of nitro benzene ring substituents is 1. The first kappa shape index (κ1) is 8.10. The normalized spacial score (nSPS) is 9.82. The van der Waals surface area contributed by atoms with Gasteiger partial charge >= 0.3 is 69.2 Å². The maximum absolute atomic E-state index is 10.2. The van der Waals surface area contributed by atoms with Crippen LogP contribution in [0.4, 0.5) is 5.69 Å². The third-order valence-electron chi connectivity index (χ3n) is 1.16. The zero-order valence-corrected chi connectivity index (χ0v) is 6.65. The van der Waals surface area contributed by atoms with Crippen molar-refractivity contribution in [2.75, 3.05) is 0 Å². The van der Waals surface area contributed by atoms with Crippen molar-refractivity contribution < 1.29 is 19.2 Å². The summed E-state index contributed by atoms with van der Waals surface area (Å²) in [6, 6.07) is 6.36. The molecule has 1 aromatic rings. The Kier molecular flexibility index (Phi) is 2.51. The van der Waals surface area contributed by atoms with E-state index in [1.54, 1.807) is 12.1 Å². The molecule has 4 heteroatoms. The van der Waals surface area contributed by atoms with Gasteiger partial charge in [-0.15, -0.1) is 0 Å². The standard InChI is InChI=1S/C6H4NO2.CH2.Co/c8-7(9)6-4-2-1-3-5-6;;/h2-5H;1H2;. The van der Waals surface area contributed by atoms with Crippen molar-refractivity contribution in [2.24, 2.45) is 0 Å². The second-order valence-corrected chi connectivity index (χ2v) is 2.79. The van der Waals surface area contributed by atoms with Crippen LogP contribution in [0, 0.1) is 10.1 Å².